The van der Waals surface area contributed by atoms with Crippen molar-refractivity contribution in [2.24, 2.45) is 0 Å². The van der Waals surface area contributed by atoms with Crippen molar-refractivity contribution in [3.63, 3.8) is 0 Å². The number of aromatic carboxylic acids is 1. The Labute approximate surface area is 206 Å². The van der Waals surface area contributed by atoms with E-state index in [-0.39, 0.29) is 11.1 Å². The molecule has 8 nitrogen and oxygen atoms in total. The van der Waals surface area contributed by atoms with Crippen LogP contribution in [-0.2, 0) is 6.54 Å². The first kappa shape index (κ1) is 22.8. The van der Waals surface area contributed by atoms with Crippen LogP contribution in [-0.4, -0.2) is 20.9 Å². The molecular formula is C28H22N4O4. The molecule has 8 heteroatoms. The fraction of sp³-hybridized carbons (Fsp3) is 0.0714. The number of anilines is 2. The quantitative estimate of drug-likeness (QED) is 0.267. The minimum Gasteiger partial charge on any atom is -0.618 e. The summed E-state index contributed by atoms with van der Waals surface area (Å²) in [5, 5.41) is 29.9. The van der Waals surface area contributed by atoms with Crippen molar-refractivity contribution in [2.45, 2.75) is 13.5 Å². The smallest absolute Gasteiger partial charge is 0.335 e. The number of rotatable bonds is 6. The van der Waals surface area contributed by atoms with Crippen molar-refractivity contribution in [3.8, 4) is 22.4 Å². The first-order chi connectivity index (χ1) is 17.4. The van der Waals surface area contributed by atoms with Crippen molar-refractivity contribution >= 4 is 28.2 Å². The fourth-order valence-corrected chi connectivity index (χ4v) is 4.15. The van der Waals surface area contributed by atoms with Crippen LogP contribution in [0.25, 0.3) is 33.3 Å². The van der Waals surface area contributed by atoms with Crippen LogP contribution in [0.15, 0.2) is 95.9 Å². The van der Waals surface area contributed by atoms with Gasteiger partial charge in [-0.05, 0) is 54.4 Å². The monoisotopic (exact) mass is 478 g/mol. The van der Waals surface area contributed by atoms with E-state index in [9.17, 15) is 19.9 Å². The molecule has 178 valence electrons. The summed E-state index contributed by atoms with van der Waals surface area (Å²) in [5.74, 6) is -0.989. The molecule has 36 heavy (non-hydrogen) atoms. The Kier molecular flexibility index (Phi) is 5.92. The number of aromatic nitrogens is 3. The number of fused-ring (bicyclic) bond motifs is 1. The molecule has 0 aliphatic heterocycles. The second-order valence-electron chi connectivity index (χ2n) is 8.23. The maximum atomic E-state index is 13.1. The Balaban J connectivity index is 1.59. The van der Waals surface area contributed by atoms with Crippen molar-refractivity contribution < 1.29 is 14.6 Å². The minimum absolute atomic E-state index is 0.205. The zero-order valence-electron chi connectivity index (χ0n) is 19.4. The molecule has 0 aliphatic carbocycles. The average molecular weight is 479 g/mol. The van der Waals surface area contributed by atoms with Crippen LogP contribution in [0.1, 0.15) is 17.3 Å². The molecule has 0 atom stereocenters. The van der Waals surface area contributed by atoms with Gasteiger partial charge in [0.05, 0.1) is 22.3 Å². The van der Waals surface area contributed by atoms with E-state index in [2.05, 4.69) is 10.4 Å². The molecule has 0 amide bonds. The number of carboxylic acids is 1. The second kappa shape index (κ2) is 9.34. The van der Waals surface area contributed by atoms with Gasteiger partial charge in [0.25, 0.3) is 5.56 Å². The van der Waals surface area contributed by atoms with Gasteiger partial charge < -0.3 is 15.6 Å². The normalized spacial score (nSPS) is 10.9. The number of hydrogen-bond donors (Lipinski definition) is 2. The molecule has 0 aliphatic rings. The molecule has 2 aromatic heterocycles. The van der Waals surface area contributed by atoms with E-state index in [1.807, 2.05) is 49.4 Å². The highest BCUT2D eigenvalue weighted by atomic mass is 16.5. The summed E-state index contributed by atoms with van der Waals surface area (Å²) in [7, 11) is 0. The summed E-state index contributed by atoms with van der Waals surface area (Å²) in [5.41, 5.74) is 4.32. The molecule has 0 saturated carbocycles. The summed E-state index contributed by atoms with van der Waals surface area (Å²) in [4.78, 5) is 24.5. The first-order valence-electron chi connectivity index (χ1n) is 11.4. The molecule has 0 spiro atoms. The third-order valence-electron chi connectivity index (χ3n) is 5.95. The van der Waals surface area contributed by atoms with Gasteiger partial charge in [-0.2, -0.15) is 9.83 Å². The number of pyridine rings is 1. The van der Waals surface area contributed by atoms with Crippen molar-refractivity contribution in [1.82, 2.24) is 9.78 Å². The molecule has 2 N–H and O–H groups in total. The fourth-order valence-electron chi connectivity index (χ4n) is 4.15. The Hall–Kier alpha value is -4.98. The predicted octanol–water partition coefficient (Wildman–Crippen LogP) is 4.83. The SMILES string of the molecule is CCn1nc(-c2cccc(-c3cccc(C(=O)O)c3)c2)cc(Nc2cccc3c2ccc[n+]3[O-])c1=O. The lowest BCUT2D eigenvalue weighted by Gasteiger charge is -2.13. The topological polar surface area (TPSA) is 111 Å². The number of nitrogens with one attached hydrogen (secondary N) is 1. The third-order valence-corrected chi connectivity index (χ3v) is 5.95. The number of carboxylic acid groups (broad SMARTS) is 1. The van der Waals surface area contributed by atoms with Crippen LogP contribution in [0.4, 0.5) is 11.4 Å². The molecule has 0 unspecified atom stereocenters. The molecule has 2 heterocycles. The largest absolute Gasteiger partial charge is 0.618 e. The summed E-state index contributed by atoms with van der Waals surface area (Å²) >= 11 is 0. The number of benzene rings is 3. The van der Waals surface area contributed by atoms with Crippen molar-refractivity contribution in [3.05, 3.63) is 112 Å². The lowest BCUT2D eigenvalue weighted by atomic mass is 10.00. The molecule has 5 rings (SSSR count). The van der Waals surface area contributed by atoms with E-state index in [1.54, 1.807) is 42.5 Å². The van der Waals surface area contributed by atoms with Crippen LogP contribution in [0.2, 0.25) is 0 Å². The number of hydrogen-bond acceptors (Lipinski definition) is 5. The van der Waals surface area contributed by atoms with E-state index in [0.29, 0.717) is 34.5 Å². The Morgan fingerprint density at radius 3 is 2.44 bits per heavy atom. The lowest BCUT2D eigenvalue weighted by Crippen LogP contribution is -2.26. The molecule has 0 bridgehead atoms. The van der Waals surface area contributed by atoms with Gasteiger partial charge in [0.1, 0.15) is 5.69 Å². The maximum absolute atomic E-state index is 13.1. The van der Waals surface area contributed by atoms with Gasteiger partial charge in [-0.15, -0.1) is 0 Å². The highest BCUT2D eigenvalue weighted by Gasteiger charge is 2.14. The van der Waals surface area contributed by atoms with E-state index in [1.165, 1.54) is 10.9 Å². The van der Waals surface area contributed by atoms with Gasteiger partial charge in [0.15, 0.2) is 6.20 Å². The van der Waals surface area contributed by atoms with Gasteiger partial charge in [-0.25, -0.2) is 9.48 Å². The van der Waals surface area contributed by atoms with Gasteiger partial charge in [-0.1, -0.05) is 36.4 Å². The molecule has 3 aromatic carbocycles. The summed E-state index contributed by atoms with van der Waals surface area (Å²) in [6, 6.07) is 24.8. The molecule has 0 radical (unpaired) electrons. The van der Waals surface area contributed by atoms with Crippen molar-refractivity contribution in [1.29, 1.82) is 0 Å². The van der Waals surface area contributed by atoms with E-state index >= 15 is 0 Å². The molecule has 0 saturated heterocycles. The average Bonchev–Trinajstić information content (AvgIpc) is 2.90. The van der Waals surface area contributed by atoms with E-state index in [0.717, 1.165) is 21.4 Å². The van der Waals surface area contributed by atoms with Crippen LogP contribution < -0.4 is 15.6 Å². The molecule has 0 fully saturated rings. The van der Waals surface area contributed by atoms with Gasteiger partial charge >= 0.3 is 5.97 Å². The zero-order chi connectivity index (χ0) is 25.2. The lowest BCUT2D eigenvalue weighted by molar-refractivity contribution is -0.577. The minimum atomic E-state index is -0.989. The Morgan fingerprint density at radius 1 is 0.944 bits per heavy atom. The second-order valence-corrected chi connectivity index (χ2v) is 8.23. The predicted molar refractivity (Wildman–Crippen MR) is 138 cm³/mol. The van der Waals surface area contributed by atoms with Crippen LogP contribution in [0.3, 0.4) is 0 Å². The van der Waals surface area contributed by atoms with E-state index in [4.69, 9.17) is 0 Å². The van der Waals surface area contributed by atoms with Crippen molar-refractivity contribution in [2.75, 3.05) is 5.32 Å². The number of nitrogens with zero attached hydrogens (tertiary/aromatic N) is 3. The third kappa shape index (κ3) is 4.27. The summed E-state index contributed by atoms with van der Waals surface area (Å²) in [6.45, 7) is 2.21. The highest BCUT2D eigenvalue weighted by Crippen LogP contribution is 2.28. The number of carbonyl (C=O) groups is 1. The zero-order valence-corrected chi connectivity index (χ0v) is 19.4. The maximum Gasteiger partial charge on any atom is 0.335 e. The van der Waals surface area contributed by atoms with E-state index < -0.39 is 5.97 Å². The van der Waals surface area contributed by atoms with Crippen LogP contribution in [0.5, 0.6) is 0 Å². The van der Waals surface area contributed by atoms with Gasteiger partial charge in [0, 0.05) is 24.2 Å². The van der Waals surface area contributed by atoms with Crippen LogP contribution >= 0.6 is 0 Å². The summed E-state index contributed by atoms with van der Waals surface area (Å²) in [6.07, 6.45) is 1.43. The van der Waals surface area contributed by atoms with Crippen LogP contribution in [0, 0.1) is 5.21 Å². The Bertz CT molecular complexity index is 1680. The van der Waals surface area contributed by atoms with Gasteiger partial charge in [-0.3, -0.25) is 4.79 Å². The molecular weight excluding hydrogens is 456 g/mol. The Morgan fingerprint density at radius 2 is 1.67 bits per heavy atom. The molecule has 5 aromatic rings. The van der Waals surface area contributed by atoms with Gasteiger partial charge in [0.2, 0.25) is 5.52 Å². The number of aryl methyl sites for hydroxylation is 1. The first-order valence-corrected chi connectivity index (χ1v) is 11.4. The standard InChI is InChI=1S/C28H22N4O4/c1-2-31-27(33)25(29-23-12-5-13-26-22(23)11-6-14-32(26)36)17-24(30-31)20-9-3-7-18(15-20)19-8-4-10-21(16-19)28(34)35/h3-17,29H,2H2,1H3,(H,34,35). The highest BCUT2D eigenvalue weighted by molar-refractivity contribution is 5.92. The summed E-state index contributed by atoms with van der Waals surface area (Å²) < 4.78 is 2.17.